The molecule has 7 nitrogen and oxygen atoms in total. The Hall–Kier alpha value is -2.80. The molecule has 0 amide bonds. The first kappa shape index (κ1) is 20.9. The molecule has 0 radical (unpaired) electrons. The lowest BCUT2D eigenvalue weighted by molar-refractivity contribution is 0.0676. The molecule has 2 N–H and O–H groups in total. The fraction of sp³-hybridized carbons (Fsp3) is 0.455. The minimum absolute atomic E-state index is 0.195. The van der Waals surface area contributed by atoms with Crippen LogP contribution in [-0.2, 0) is 17.8 Å². The first-order chi connectivity index (χ1) is 14.2. The minimum atomic E-state index is 0.195. The van der Waals surface area contributed by atoms with Gasteiger partial charge in [-0.2, -0.15) is 0 Å². The fourth-order valence-corrected chi connectivity index (χ4v) is 3.22. The summed E-state index contributed by atoms with van der Waals surface area (Å²) in [5.41, 5.74) is 3.21. The van der Waals surface area contributed by atoms with E-state index in [9.17, 15) is 0 Å². The SMILES string of the molecule is CN=C(NCc1ccc(C)cc1OCC1CCCO1)NCc1cccnc1OC. The molecule has 0 saturated carbocycles. The largest absolute Gasteiger partial charge is 0.491 e. The van der Waals surface area contributed by atoms with Gasteiger partial charge < -0.3 is 24.8 Å². The zero-order valence-electron chi connectivity index (χ0n) is 17.4. The van der Waals surface area contributed by atoms with E-state index >= 15 is 0 Å². The number of benzene rings is 1. The van der Waals surface area contributed by atoms with Gasteiger partial charge in [0.2, 0.25) is 5.88 Å². The lowest BCUT2D eigenvalue weighted by Crippen LogP contribution is -2.36. The smallest absolute Gasteiger partial charge is 0.218 e. The molecule has 2 heterocycles. The predicted molar refractivity (Wildman–Crippen MR) is 113 cm³/mol. The fourth-order valence-electron chi connectivity index (χ4n) is 3.22. The number of pyridine rings is 1. The van der Waals surface area contributed by atoms with Gasteiger partial charge in [-0.1, -0.05) is 18.2 Å². The van der Waals surface area contributed by atoms with Gasteiger partial charge in [0.15, 0.2) is 5.96 Å². The topological polar surface area (TPSA) is 77.0 Å². The average molecular weight is 399 g/mol. The number of hydrogen-bond donors (Lipinski definition) is 2. The number of guanidine groups is 1. The Morgan fingerprint density at radius 3 is 2.79 bits per heavy atom. The second-order valence-electron chi connectivity index (χ2n) is 7.01. The highest BCUT2D eigenvalue weighted by molar-refractivity contribution is 5.79. The van der Waals surface area contributed by atoms with E-state index in [2.05, 4.69) is 45.7 Å². The predicted octanol–water partition coefficient (Wildman–Crippen LogP) is 2.82. The number of rotatable bonds is 8. The van der Waals surface area contributed by atoms with Crippen LogP contribution in [-0.4, -0.2) is 44.4 Å². The molecule has 1 aliphatic rings. The van der Waals surface area contributed by atoms with E-state index in [1.165, 1.54) is 5.56 Å². The number of methoxy groups -OCH3 is 1. The summed E-state index contributed by atoms with van der Waals surface area (Å²) in [5, 5.41) is 6.64. The number of hydrogen-bond acceptors (Lipinski definition) is 5. The summed E-state index contributed by atoms with van der Waals surface area (Å²) in [7, 11) is 3.37. The molecule has 3 rings (SSSR count). The van der Waals surface area contributed by atoms with Gasteiger partial charge in [0.25, 0.3) is 0 Å². The molecule has 1 aliphatic heterocycles. The van der Waals surface area contributed by atoms with Crippen molar-refractivity contribution in [1.29, 1.82) is 0 Å². The highest BCUT2D eigenvalue weighted by Crippen LogP contribution is 2.22. The van der Waals surface area contributed by atoms with Gasteiger partial charge in [0.05, 0.1) is 13.2 Å². The summed E-state index contributed by atoms with van der Waals surface area (Å²) >= 11 is 0. The second kappa shape index (κ2) is 10.7. The van der Waals surface area contributed by atoms with Gasteiger partial charge in [0, 0.05) is 44.1 Å². The van der Waals surface area contributed by atoms with E-state index in [1.807, 2.05) is 12.1 Å². The second-order valence-corrected chi connectivity index (χ2v) is 7.01. The van der Waals surface area contributed by atoms with Gasteiger partial charge in [-0.25, -0.2) is 4.98 Å². The number of aromatic nitrogens is 1. The van der Waals surface area contributed by atoms with Crippen LogP contribution in [0.3, 0.4) is 0 Å². The van der Waals surface area contributed by atoms with Crippen LogP contribution in [0, 0.1) is 6.92 Å². The number of nitrogens with one attached hydrogen (secondary N) is 2. The quantitative estimate of drug-likeness (QED) is 0.526. The Bertz CT molecular complexity index is 819. The monoisotopic (exact) mass is 398 g/mol. The Balaban J connectivity index is 1.57. The van der Waals surface area contributed by atoms with Crippen LogP contribution in [0.4, 0.5) is 0 Å². The van der Waals surface area contributed by atoms with E-state index in [-0.39, 0.29) is 6.10 Å². The van der Waals surface area contributed by atoms with Crippen LogP contribution in [0.5, 0.6) is 11.6 Å². The highest BCUT2D eigenvalue weighted by atomic mass is 16.5. The number of aliphatic imine (C=N–C) groups is 1. The zero-order valence-corrected chi connectivity index (χ0v) is 17.4. The van der Waals surface area contributed by atoms with E-state index in [0.29, 0.717) is 31.5 Å². The van der Waals surface area contributed by atoms with E-state index < -0.39 is 0 Å². The van der Waals surface area contributed by atoms with Crippen molar-refractivity contribution in [3.63, 3.8) is 0 Å². The molecule has 0 bridgehead atoms. The molecule has 7 heteroatoms. The molecular formula is C22H30N4O3. The van der Waals surface area contributed by atoms with Gasteiger partial charge in [-0.15, -0.1) is 0 Å². The molecule has 1 unspecified atom stereocenters. The summed E-state index contributed by atoms with van der Waals surface area (Å²) < 4.78 is 17.0. The van der Waals surface area contributed by atoms with Crippen LogP contribution in [0.1, 0.15) is 29.5 Å². The van der Waals surface area contributed by atoms with Crippen molar-refractivity contribution < 1.29 is 14.2 Å². The zero-order chi connectivity index (χ0) is 20.5. The van der Waals surface area contributed by atoms with Crippen molar-refractivity contribution in [3.8, 4) is 11.6 Å². The van der Waals surface area contributed by atoms with Gasteiger partial charge in [-0.05, 0) is 37.5 Å². The summed E-state index contributed by atoms with van der Waals surface area (Å²) in [6.07, 6.45) is 4.08. The molecule has 1 saturated heterocycles. The summed E-state index contributed by atoms with van der Waals surface area (Å²) in [6.45, 7) is 4.65. The molecule has 1 atom stereocenters. The minimum Gasteiger partial charge on any atom is -0.491 e. The van der Waals surface area contributed by atoms with Gasteiger partial charge >= 0.3 is 0 Å². The maximum atomic E-state index is 6.08. The van der Waals surface area contributed by atoms with Crippen LogP contribution in [0.15, 0.2) is 41.5 Å². The molecule has 1 fully saturated rings. The average Bonchev–Trinajstić information content (AvgIpc) is 3.27. The summed E-state index contributed by atoms with van der Waals surface area (Å²) in [6, 6.07) is 10.1. The maximum Gasteiger partial charge on any atom is 0.218 e. The van der Waals surface area contributed by atoms with Crippen LogP contribution < -0.4 is 20.1 Å². The standard InChI is InChI=1S/C22H30N4O3/c1-16-8-9-17(20(12-16)29-15-19-7-5-11-28-19)13-25-22(23-2)26-14-18-6-4-10-24-21(18)27-3/h4,6,8-10,12,19H,5,7,11,13-15H2,1-3H3,(H2,23,25,26). The van der Waals surface area contributed by atoms with Crippen LogP contribution in [0.2, 0.25) is 0 Å². The van der Waals surface area contributed by atoms with Crippen molar-refractivity contribution in [2.75, 3.05) is 27.4 Å². The summed E-state index contributed by atoms with van der Waals surface area (Å²) in [5.74, 6) is 2.19. The molecule has 2 aromatic rings. The third-order valence-corrected chi connectivity index (χ3v) is 4.83. The molecule has 156 valence electrons. The van der Waals surface area contributed by atoms with E-state index in [0.717, 1.165) is 36.3 Å². The van der Waals surface area contributed by atoms with Crippen molar-refractivity contribution in [1.82, 2.24) is 15.6 Å². The van der Waals surface area contributed by atoms with Crippen molar-refractivity contribution in [2.45, 2.75) is 39.0 Å². The highest BCUT2D eigenvalue weighted by Gasteiger charge is 2.17. The molecule has 29 heavy (non-hydrogen) atoms. The first-order valence-corrected chi connectivity index (χ1v) is 9.96. The number of nitrogens with zero attached hydrogens (tertiary/aromatic N) is 2. The van der Waals surface area contributed by atoms with Gasteiger partial charge in [-0.3, -0.25) is 4.99 Å². The molecule has 0 spiro atoms. The van der Waals surface area contributed by atoms with Crippen molar-refractivity contribution >= 4 is 5.96 Å². The number of aryl methyl sites for hydroxylation is 1. The Kier molecular flexibility index (Phi) is 7.69. The molecular weight excluding hydrogens is 368 g/mol. The third kappa shape index (κ3) is 6.09. The van der Waals surface area contributed by atoms with Crippen molar-refractivity contribution in [2.24, 2.45) is 4.99 Å². The van der Waals surface area contributed by atoms with Crippen LogP contribution >= 0.6 is 0 Å². The number of ether oxygens (including phenoxy) is 3. The summed E-state index contributed by atoms with van der Waals surface area (Å²) in [4.78, 5) is 8.52. The molecule has 0 aliphatic carbocycles. The van der Waals surface area contributed by atoms with E-state index in [4.69, 9.17) is 14.2 Å². The van der Waals surface area contributed by atoms with Crippen LogP contribution in [0.25, 0.3) is 0 Å². The van der Waals surface area contributed by atoms with Gasteiger partial charge in [0.1, 0.15) is 12.4 Å². The Labute approximate surface area is 172 Å². The maximum absolute atomic E-state index is 6.08. The lowest BCUT2D eigenvalue weighted by Gasteiger charge is -2.17. The Morgan fingerprint density at radius 1 is 1.24 bits per heavy atom. The lowest BCUT2D eigenvalue weighted by atomic mass is 10.1. The third-order valence-electron chi connectivity index (χ3n) is 4.83. The molecule has 1 aromatic heterocycles. The first-order valence-electron chi connectivity index (χ1n) is 9.96. The Morgan fingerprint density at radius 2 is 2.07 bits per heavy atom. The normalized spacial score (nSPS) is 16.5. The van der Waals surface area contributed by atoms with Crippen molar-refractivity contribution in [3.05, 3.63) is 53.2 Å². The van der Waals surface area contributed by atoms with E-state index in [1.54, 1.807) is 20.4 Å². The molecule has 1 aromatic carbocycles.